The Hall–Kier alpha value is -2.11. The van der Waals surface area contributed by atoms with E-state index in [0.29, 0.717) is 11.6 Å². The van der Waals surface area contributed by atoms with E-state index in [4.69, 9.17) is 5.26 Å². The van der Waals surface area contributed by atoms with Crippen molar-refractivity contribution in [2.75, 3.05) is 0 Å². The summed E-state index contributed by atoms with van der Waals surface area (Å²) in [6.07, 6.45) is 2.28. The number of nitriles is 1. The SMILES string of the molecule is CCCC(NCc1ccc(C#N)cc1)c1ccccc1. The van der Waals surface area contributed by atoms with Crippen LogP contribution in [0.25, 0.3) is 0 Å². The van der Waals surface area contributed by atoms with Gasteiger partial charge in [-0.3, -0.25) is 0 Å². The molecule has 0 aromatic heterocycles. The fourth-order valence-electron chi connectivity index (χ4n) is 2.30. The molecule has 2 aromatic rings. The highest BCUT2D eigenvalue weighted by atomic mass is 14.9. The second-order valence-corrected chi connectivity index (χ2v) is 4.94. The molecule has 2 rings (SSSR count). The smallest absolute Gasteiger partial charge is 0.0991 e. The van der Waals surface area contributed by atoms with E-state index >= 15 is 0 Å². The number of nitrogens with one attached hydrogen (secondary N) is 1. The van der Waals surface area contributed by atoms with Crippen LogP contribution < -0.4 is 5.32 Å². The molecule has 102 valence electrons. The van der Waals surface area contributed by atoms with Gasteiger partial charge in [-0.05, 0) is 29.7 Å². The lowest BCUT2D eigenvalue weighted by atomic mass is 10.0. The Labute approximate surface area is 121 Å². The minimum Gasteiger partial charge on any atom is -0.306 e. The van der Waals surface area contributed by atoms with Gasteiger partial charge in [0.05, 0.1) is 11.6 Å². The fraction of sp³-hybridized carbons (Fsp3) is 0.278. The van der Waals surface area contributed by atoms with E-state index in [1.54, 1.807) is 0 Å². The molecule has 0 aliphatic heterocycles. The van der Waals surface area contributed by atoms with E-state index in [9.17, 15) is 0 Å². The largest absolute Gasteiger partial charge is 0.306 e. The van der Waals surface area contributed by atoms with Crippen molar-refractivity contribution in [3.8, 4) is 6.07 Å². The van der Waals surface area contributed by atoms with E-state index in [1.165, 1.54) is 11.1 Å². The van der Waals surface area contributed by atoms with Crippen molar-refractivity contribution in [2.24, 2.45) is 0 Å². The van der Waals surface area contributed by atoms with Crippen molar-refractivity contribution < 1.29 is 0 Å². The zero-order chi connectivity index (χ0) is 14.2. The molecule has 2 nitrogen and oxygen atoms in total. The molecule has 0 amide bonds. The Balaban J connectivity index is 2.00. The average molecular weight is 264 g/mol. The normalized spacial score (nSPS) is 11.8. The first-order chi connectivity index (χ1) is 9.83. The standard InChI is InChI=1S/C18H20N2/c1-2-6-18(17-7-4-3-5-8-17)20-14-16-11-9-15(13-19)10-12-16/h3-5,7-12,18,20H,2,6,14H2,1H3. The molecule has 0 spiro atoms. The van der Waals surface area contributed by atoms with Gasteiger partial charge in [0, 0.05) is 12.6 Å². The third kappa shape index (κ3) is 3.94. The zero-order valence-electron chi connectivity index (χ0n) is 11.8. The summed E-state index contributed by atoms with van der Waals surface area (Å²) in [5.41, 5.74) is 3.26. The van der Waals surface area contributed by atoms with Crippen LogP contribution in [0.15, 0.2) is 54.6 Å². The summed E-state index contributed by atoms with van der Waals surface area (Å²) in [4.78, 5) is 0. The highest BCUT2D eigenvalue weighted by Gasteiger charge is 2.09. The van der Waals surface area contributed by atoms with E-state index in [2.05, 4.69) is 42.6 Å². The molecular weight excluding hydrogens is 244 g/mol. The van der Waals surface area contributed by atoms with Crippen LogP contribution in [-0.2, 0) is 6.54 Å². The summed E-state index contributed by atoms with van der Waals surface area (Å²) in [7, 11) is 0. The minimum atomic E-state index is 0.386. The van der Waals surface area contributed by atoms with Crippen LogP contribution in [0.2, 0.25) is 0 Å². The lowest BCUT2D eigenvalue weighted by Crippen LogP contribution is -2.20. The molecule has 0 aliphatic rings. The maximum atomic E-state index is 8.80. The van der Waals surface area contributed by atoms with Crippen molar-refractivity contribution in [3.63, 3.8) is 0 Å². The highest BCUT2D eigenvalue weighted by molar-refractivity contribution is 5.31. The zero-order valence-corrected chi connectivity index (χ0v) is 11.8. The lowest BCUT2D eigenvalue weighted by Gasteiger charge is -2.18. The van der Waals surface area contributed by atoms with Crippen LogP contribution in [0.4, 0.5) is 0 Å². The first-order valence-electron chi connectivity index (χ1n) is 7.11. The van der Waals surface area contributed by atoms with Gasteiger partial charge in [-0.2, -0.15) is 5.26 Å². The van der Waals surface area contributed by atoms with Gasteiger partial charge in [-0.25, -0.2) is 0 Å². The number of nitrogens with zero attached hydrogens (tertiary/aromatic N) is 1. The van der Waals surface area contributed by atoms with E-state index in [0.717, 1.165) is 19.4 Å². The van der Waals surface area contributed by atoms with Crippen LogP contribution >= 0.6 is 0 Å². The molecule has 20 heavy (non-hydrogen) atoms. The summed E-state index contributed by atoms with van der Waals surface area (Å²) >= 11 is 0. The van der Waals surface area contributed by atoms with Crippen molar-refractivity contribution in [3.05, 3.63) is 71.3 Å². The highest BCUT2D eigenvalue weighted by Crippen LogP contribution is 2.18. The Bertz CT molecular complexity index is 552. The molecule has 1 unspecified atom stereocenters. The Morgan fingerprint density at radius 2 is 1.75 bits per heavy atom. The van der Waals surface area contributed by atoms with Crippen molar-refractivity contribution in [1.82, 2.24) is 5.32 Å². The van der Waals surface area contributed by atoms with Gasteiger partial charge in [0.15, 0.2) is 0 Å². The Morgan fingerprint density at radius 1 is 1.05 bits per heavy atom. The molecule has 0 bridgehead atoms. The first kappa shape index (κ1) is 14.3. The second-order valence-electron chi connectivity index (χ2n) is 4.94. The molecule has 0 aliphatic carbocycles. The lowest BCUT2D eigenvalue weighted by molar-refractivity contribution is 0.493. The van der Waals surface area contributed by atoms with E-state index in [1.807, 2.05) is 30.3 Å². The van der Waals surface area contributed by atoms with Crippen LogP contribution in [0.1, 0.15) is 42.5 Å². The van der Waals surface area contributed by atoms with E-state index in [-0.39, 0.29) is 0 Å². The first-order valence-corrected chi connectivity index (χ1v) is 7.11. The summed E-state index contributed by atoms with van der Waals surface area (Å²) in [5, 5.41) is 12.4. The van der Waals surface area contributed by atoms with Crippen LogP contribution in [-0.4, -0.2) is 0 Å². The van der Waals surface area contributed by atoms with Gasteiger partial charge in [-0.15, -0.1) is 0 Å². The maximum Gasteiger partial charge on any atom is 0.0991 e. The second kappa shape index (κ2) is 7.47. The van der Waals surface area contributed by atoms with Crippen LogP contribution in [0.5, 0.6) is 0 Å². The number of hydrogen-bond acceptors (Lipinski definition) is 2. The minimum absolute atomic E-state index is 0.386. The van der Waals surface area contributed by atoms with Gasteiger partial charge in [0.25, 0.3) is 0 Å². The number of hydrogen-bond donors (Lipinski definition) is 1. The van der Waals surface area contributed by atoms with Gasteiger partial charge in [-0.1, -0.05) is 55.8 Å². The van der Waals surface area contributed by atoms with Crippen LogP contribution in [0, 0.1) is 11.3 Å². The molecule has 0 saturated carbocycles. The molecular formula is C18H20N2. The van der Waals surface area contributed by atoms with E-state index < -0.39 is 0 Å². The van der Waals surface area contributed by atoms with Gasteiger partial charge in [0.2, 0.25) is 0 Å². The summed E-state index contributed by atoms with van der Waals surface area (Å²) in [6, 6.07) is 20.9. The molecule has 2 heteroatoms. The molecule has 0 saturated heterocycles. The van der Waals surface area contributed by atoms with Gasteiger partial charge in [0.1, 0.15) is 0 Å². The third-order valence-electron chi connectivity index (χ3n) is 3.41. The molecule has 0 radical (unpaired) electrons. The van der Waals surface area contributed by atoms with Crippen molar-refractivity contribution >= 4 is 0 Å². The van der Waals surface area contributed by atoms with Crippen molar-refractivity contribution in [1.29, 1.82) is 5.26 Å². The average Bonchev–Trinajstić information content (AvgIpc) is 2.53. The topological polar surface area (TPSA) is 35.8 Å². The molecule has 0 heterocycles. The fourth-order valence-corrected chi connectivity index (χ4v) is 2.30. The predicted octanol–water partition coefficient (Wildman–Crippen LogP) is 4.19. The number of rotatable bonds is 6. The molecule has 2 aromatic carbocycles. The molecule has 1 atom stereocenters. The maximum absolute atomic E-state index is 8.80. The molecule has 0 fully saturated rings. The Morgan fingerprint density at radius 3 is 2.35 bits per heavy atom. The number of benzene rings is 2. The quantitative estimate of drug-likeness (QED) is 0.849. The third-order valence-corrected chi connectivity index (χ3v) is 3.41. The summed E-state index contributed by atoms with van der Waals surface area (Å²) < 4.78 is 0. The van der Waals surface area contributed by atoms with Gasteiger partial charge < -0.3 is 5.32 Å². The molecule has 1 N–H and O–H groups in total. The summed E-state index contributed by atoms with van der Waals surface area (Å²) in [5.74, 6) is 0. The monoisotopic (exact) mass is 264 g/mol. The summed E-state index contributed by atoms with van der Waals surface area (Å²) in [6.45, 7) is 3.03. The van der Waals surface area contributed by atoms with Gasteiger partial charge >= 0.3 is 0 Å². The van der Waals surface area contributed by atoms with Crippen LogP contribution in [0.3, 0.4) is 0 Å². The predicted molar refractivity (Wildman–Crippen MR) is 82.1 cm³/mol. The Kier molecular flexibility index (Phi) is 5.34. The van der Waals surface area contributed by atoms with Crippen molar-refractivity contribution in [2.45, 2.75) is 32.4 Å².